The van der Waals surface area contributed by atoms with Crippen LogP contribution in [0.5, 0.6) is 11.8 Å². The number of imidazole rings is 1. The molecule has 3 aromatic rings. The highest BCUT2D eigenvalue weighted by Gasteiger charge is 2.20. The van der Waals surface area contributed by atoms with Crippen molar-refractivity contribution in [1.82, 2.24) is 18.7 Å². The summed E-state index contributed by atoms with van der Waals surface area (Å²) in [4.78, 5) is 29.5. The number of benzene rings is 1. The number of unbranched alkanes of at least 4 members (excludes halogenated alkanes) is 4. The van der Waals surface area contributed by atoms with E-state index in [0.717, 1.165) is 30.3 Å². The van der Waals surface area contributed by atoms with Crippen LogP contribution in [0.1, 0.15) is 39.0 Å². The largest absolute Gasteiger partial charge is 0.424 e. The van der Waals surface area contributed by atoms with Crippen molar-refractivity contribution in [2.45, 2.75) is 45.6 Å². The maximum absolute atomic E-state index is 12.8. The number of hydrogen-bond donors (Lipinski definition) is 0. The van der Waals surface area contributed by atoms with Gasteiger partial charge in [0.15, 0.2) is 11.2 Å². The minimum atomic E-state index is -0.422. The van der Waals surface area contributed by atoms with Gasteiger partial charge in [0.2, 0.25) is 0 Å². The Hall–Kier alpha value is -2.54. The highest BCUT2D eigenvalue weighted by molar-refractivity contribution is 6.32. The Morgan fingerprint density at radius 3 is 2.46 bits per heavy atom. The lowest BCUT2D eigenvalue weighted by molar-refractivity contribution is 0.408. The number of rotatable bonds is 8. The van der Waals surface area contributed by atoms with Crippen LogP contribution in [0.3, 0.4) is 0 Å². The van der Waals surface area contributed by atoms with Crippen molar-refractivity contribution in [2.24, 2.45) is 14.1 Å². The smallest absolute Gasteiger partial charge is 0.332 e. The van der Waals surface area contributed by atoms with Crippen molar-refractivity contribution < 1.29 is 4.74 Å². The SMILES string of the molecule is CCCCCCCn1c(Oc2ccccc2Cl)nc2c1c(=O)n(C)c(=O)n2C. The van der Waals surface area contributed by atoms with Gasteiger partial charge in [0.25, 0.3) is 5.56 Å². The number of aryl methyl sites for hydroxylation is 2. The van der Waals surface area contributed by atoms with Crippen LogP contribution < -0.4 is 16.0 Å². The second kappa shape index (κ2) is 8.65. The van der Waals surface area contributed by atoms with Crippen LogP contribution in [0, 0.1) is 0 Å². The molecule has 28 heavy (non-hydrogen) atoms. The van der Waals surface area contributed by atoms with Crippen LogP contribution in [0.25, 0.3) is 11.2 Å². The zero-order valence-electron chi connectivity index (χ0n) is 16.4. The lowest BCUT2D eigenvalue weighted by atomic mass is 10.1. The standard InChI is InChI=1S/C20H25ClN4O3/c1-4-5-6-7-10-13-25-16-17(23(2)20(27)24(3)18(16)26)22-19(25)28-15-12-9-8-11-14(15)21/h8-9,11-12H,4-7,10,13H2,1-3H3. The van der Waals surface area contributed by atoms with Crippen LogP contribution in [-0.2, 0) is 20.6 Å². The van der Waals surface area contributed by atoms with Gasteiger partial charge in [-0.3, -0.25) is 18.5 Å². The molecular formula is C20H25ClN4O3. The van der Waals surface area contributed by atoms with Crippen molar-refractivity contribution in [1.29, 1.82) is 0 Å². The van der Waals surface area contributed by atoms with E-state index in [0.29, 0.717) is 28.5 Å². The summed E-state index contributed by atoms with van der Waals surface area (Å²) in [5.41, 5.74) is -0.131. The molecule has 0 saturated carbocycles. The Kier molecular flexibility index (Phi) is 6.24. The monoisotopic (exact) mass is 404 g/mol. The van der Waals surface area contributed by atoms with E-state index in [1.54, 1.807) is 23.7 Å². The van der Waals surface area contributed by atoms with Gasteiger partial charge in [-0.25, -0.2) is 4.79 Å². The predicted octanol–water partition coefficient (Wildman–Crippen LogP) is 3.85. The summed E-state index contributed by atoms with van der Waals surface area (Å²) in [6.45, 7) is 2.75. The molecule has 150 valence electrons. The first kappa shape index (κ1) is 20.2. The first-order valence-electron chi connectivity index (χ1n) is 9.54. The highest BCUT2D eigenvalue weighted by Crippen LogP contribution is 2.30. The van der Waals surface area contributed by atoms with E-state index in [1.807, 2.05) is 12.1 Å². The van der Waals surface area contributed by atoms with Crippen LogP contribution in [-0.4, -0.2) is 18.7 Å². The van der Waals surface area contributed by atoms with E-state index in [4.69, 9.17) is 16.3 Å². The zero-order valence-corrected chi connectivity index (χ0v) is 17.2. The number of fused-ring (bicyclic) bond motifs is 1. The van der Waals surface area contributed by atoms with Crippen LogP contribution >= 0.6 is 11.6 Å². The molecule has 0 radical (unpaired) electrons. The normalized spacial score (nSPS) is 11.3. The molecule has 0 aliphatic heterocycles. The van der Waals surface area contributed by atoms with Crippen molar-refractivity contribution in [3.05, 3.63) is 50.1 Å². The van der Waals surface area contributed by atoms with E-state index in [-0.39, 0.29) is 11.6 Å². The molecule has 0 N–H and O–H groups in total. The van der Waals surface area contributed by atoms with Gasteiger partial charge in [-0.2, -0.15) is 4.98 Å². The lowest BCUT2D eigenvalue weighted by Crippen LogP contribution is -2.37. The van der Waals surface area contributed by atoms with Gasteiger partial charge >= 0.3 is 11.7 Å². The minimum absolute atomic E-state index is 0.261. The number of aromatic nitrogens is 4. The molecule has 0 bridgehead atoms. The van der Waals surface area contributed by atoms with E-state index < -0.39 is 5.69 Å². The Balaban J connectivity index is 2.08. The summed E-state index contributed by atoms with van der Waals surface area (Å²) in [5, 5.41) is 0.450. The maximum atomic E-state index is 12.8. The first-order valence-corrected chi connectivity index (χ1v) is 9.92. The molecule has 2 aromatic heterocycles. The Morgan fingerprint density at radius 2 is 1.75 bits per heavy atom. The number of para-hydroxylation sites is 1. The topological polar surface area (TPSA) is 71.1 Å². The average Bonchev–Trinajstić information content (AvgIpc) is 3.04. The molecule has 0 aliphatic carbocycles. The number of nitrogens with zero attached hydrogens (tertiary/aromatic N) is 4. The molecule has 0 atom stereocenters. The average molecular weight is 405 g/mol. The summed E-state index contributed by atoms with van der Waals surface area (Å²) in [6.07, 6.45) is 5.42. The van der Waals surface area contributed by atoms with Gasteiger partial charge in [0, 0.05) is 20.6 Å². The Bertz CT molecular complexity index is 1100. The molecule has 0 fully saturated rings. The molecule has 0 unspecified atom stereocenters. The molecule has 8 heteroatoms. The van der Waals surface area contributed by atoms with E-state index >= 15 is 0 Å². The molecule has 7 nitrogen and oxygen atoms in total. The van der Waals surface area contributed by atoms with Crippen LogP contribution in [0.4, 0.5) is 0 Å². The fourth-order valence-corrected chi connectivity index (χ4v) is 3.39. The zero-order chi connectivity index (χ0) is 20.3. The fraction of sp³-hybridized carbons (Fsp3) is 0.450. The summed E-state index contributed by atoms with van der Waals surface area (Å²) < 4.78 is 10.2. The van der Waals surface area contributed by atoms with Gasteiger partial charge in [-0.15, -0.1) is 0 Å². The molecule has 0 aliphatic rings. The molecule has 3 rings (SSSR count). The second-order valence-corrected chi connectivity index (χ2v) is 7.28. The summed E-state index contributed by atoms with van der Waals surface area (Å²) >= 11 is 6.22. The summed E-state index contributed by atoms with van der Waals surface area (Å²) in [7, 11) is 3.07. The van der Waals surface area contributed by atoms with Gasteiger partial charge < -0.3 is 4.74 Å². The Morgan fingerprint density at radius 1 is 1.04 bits per heavy atom. The minimum Gasteiger partial charge on any atom is -0.424 e. The van der Waals surface area contributed by atoms with Crippen molar-refractivity contribution in [3.8, 4) is 11.8 Å². The van der Waals surface area contributed by atoms with Crippen LogP contribution in [0.15, 0.2) is 33.9 Å². The van der Waals surface area contributed by atoms with E-state index in [9.17, 15) is 9.59 Å². The number of ether oxygens (including phenoxy) is 1. The van der Waals surface area contributed by atoms with Crippen LogP contribution in [0.2, 0.25) is 5.02 Å². The van der Waals surface area contributed by atoms with Gasteiger partial charge in [-0.05, 0) is 18.6 Å². The molecule has 0 saturated heterocycles. The maximum Gasteiger partial charge on any atom is 0.332 e. The first-order chi connectivity index (χ1) is 13.5. The number of hydrogen-bond acceptors (Lipinski definition) is 4. The van der Waals surface area contributed by atoms with Gasteiger partial charge in [-0.1, -0.05) is 56.3 Å². The third-order valence-corrected chi connectivity index (χ3v) is 5.15. The highest BCUT2D eigenvalue weighted by atomic mass is 35.5. The summed E-state index contributed by atoms with van der Waals surface area (Å²) in [5.74, 6) is 0.452. The van der Waals surface area contributed by atoms with E-state index in [1.165, 1.54) is 18.0 Å². The lowest BCUT2D eigenvalue weighted by Gasteiger charge is -2.10. The third kappa shape index (κ3) is 3.85. The molecular weight excluding hydrogens is 380 g/mol. The van der Waals surface area contributed by atoms with Crippen molar-refractivity contribution in [2.75, 3.05) is 0 Å². The molecule has 1 aromatic carbocycles. The van der Waals surface area contributed by atoms with Gasteiger partial charge in [0.05, 0.1) is 5.02 Å². The summed E-state index contributed by atoms with van der Waals surface area (Å²) in [6, 6.07) is 7.35. The third-order valence-electron chi connectivity index (χ3n) is 4.84. The van der Waals surface area contributed by atoms with Gasteiger partial charge in [0.1, 0.15) is 5.75 Å². The fourth-order valence-electron chi connectivity index (χ4n) is 3.21. The number of halogens is 1. The Labute approximate surface area is 168 Å². The quantitative estimate of drug-likeness (QED) is 0.534. The van der Waals surface area contributed by atoms with Crippen molar-refractivity contribution >= 4 is 22.8 Å². The molecule has 0 amide bonds. The van der Waals surface area contributed by atoms with E-state index in [2.05, 4.69) is 11.9 Å². The predicted molar refractivity (Wildman–Crippen MR) is 111 cm³/mol. The molecule has 2 heterocycles. The van der Waals surface area contributed by atoms with Crippen molar-refractivity contribution in [3.63, 3.8) is 0 Å². The second-order valence-electron chi connectivity index (χ2n) is 6.87. The molecule has 0 spiro atoms.